The van der Waals surface area contributed by atoms with Gasteiger partial charge in [-0.3, -0.25) is 4.79 Å². The van der Waals surface area contributed by atoms with Crippen LogP contribution in [0.5, 0.6) is 0 Å². The third kappa shape index (κ3) is 3.09. The SMILES string of the molecule is O=C(NC(c1ccccc1)C(F)(F)F)C1=C2C=CC=CN2C(C2CC2)N1. The molecule has 1 amide bonds. The van der Waals surface area contributed by atoms with Gasteiger partial charge >= 0.3 is 6.18 Å². The van der Waals surface area contributed by atoms with Crippen molar-refractivity contribution in [3.8, 4) is 0 Å². The summed E-state index contributed by atoms with van der Waals surface area (Å²) < 4.78 is 40.5. The van der Waals surface area contributed by atoms with Crippen LogP contribution in [0.4, 0.5) is 13.2 Å². The van der Waals surface area contributed by atoms with E-state index in [4.69, 9.17) is 0 Å². The number of allylic oxidation sites excluding steroid dienone is 3. The van der Waals surface area contributed by atoms with Crippen molar-refractivity contribution in [1.29, 1.82) is 0 Å². The summed E-state index contributed by atoms with van der Waals surface area (Å²) in [6.45, 7) is 0. The molecule has 0 radical (unpaired) electrons. The Morgan fingerprint density at radius 2 is 1.92 bits per heavy atom. The number of hydrogen-bond donors (Lipinski definition) is 2. The highest BCUT2D eigenvalue weighted by Crippen LogP contribution is 2.40. The summed E-state index contributed by atoms with van der Waals surface area (Å²) in [5, 5.41) is 5.29. The minimum atomic E-state index is -4.58. The second-order valence-electron chi connectivity index (χ2n) is 6.65. The Bertz CT molecular complexity index is 794. The van der Waals surface area contributed by atoms with Gasteiger partial charge in [0.2, 0.25) is 0 Å². The maximum absolute atomic E-state index is 13.5. The zero-order valence-corrected chi connectivity index (χ0v) is 13.8. The van der Waals surface area contributed by atoms with Crippen LogP contribution in [0.2, 0.25) is 0 Å². The molecule has 2 heterocycles. The minimum Gasteiger partial charge on any atom is -0.358 e. The van der Waals surface area contributed by atoms with Gasteiger partial charge in [0.1, 0.15) is 11.9 Å². The number of halogens is 3. The lowest BCUT2D eigenvalue weighted by Crippen LogP contribution is -2.42. The number of carbonyl (C=O) groups excluding carboxylic acids is 1. The topological polar surface area (TPSA) is 44.4 Å². The van der Waals surface area contributed by atoms with E-state index in [2.05, 4.69) is 10.6 Å². The van der Waals surface area contributed by atoms with Crippen molar-refractivity contribution < 1.29 is 18.0 Å². The van der Waals surface area contributed by atoms with Gasteiger partial charge in [-0.2, -0.15) is 13.2 Å². The summed E-state index contributed by atoms with van der Waals surface area (Å²) in [5.74, 6) is -0.349. The number of benzene rings is 1. The van der Waals surface area contributed by atoms with Gasteiger partial charge in [-0.05, 0) is 36.5 Å². The molecule has 3 aliphatic rings. The van der Waals surface area contributed by atoms with Crippen LogP contribution in [0.1, 0.15) is 24.4 Å². The van der Waals surface area contributed by atoms with Crippen LogP contribution >= 0.6 is 0 Å². The standard InChI is InChI=1S/C19H18F3N3O/c20-19(21,22)16(12-6-2-1-3-7-12)24-18(26)15-14-8-4-5-11-25(14)17(23-15)13-9-10-13/h1-8,11,13,16-17,23H,9-10H2,(H,24,26). The molecular formula is C19H18F3N3O. The third-order valence-corrected chi connectivity index (χ3v) is 4.77. The van der Waals surface area contributed by atoms with E-state index in [1.54, 1.807) is 18.2 Å². The smallest absolute Gasteiger partial charge is 0.358 e. The van der Waals surface area contributed by atoms with Crippen LogP contribution in [0.25, 0.3) is 0 Å². The summed E-state index contributed by atoms with van der Waals surface area (Å²) in [4.78, 5) is 14.6. The highest BCUT2D eigenvalue weighted by molar-refractivity contribution is 5.95. The Morgan fingerprint density at radius 1 is 1.19 bits per heavy atom. The van der Waals surface area contributed by atoms with Gasteiger partial charge in [0, 0.05) is 6.20 Å². The lowest BCUT2D eigenvalue weighted by molar-refractivity contribution is -0.162. The Hall–Kier alpha value is -2.70. The zero-order valence-electron chi connectivity index (χ0n) is 13.8. The molecule has 26 heavy (non-hydrogen) atoms. The molecule has 2 atom stereocenters. The van der Waals surface area contributed by atoms with Crippen molar-refractivity contribution in [2.24, 2.45) is 5.92 Å². The van der Waals surface area contributed by atoms with Gasteiger partial charge in [0.05, 0.1) is 5.70 Å². The fourth-order valence-electron chi connectivity index (χ4n) is 3.34. The molecule has 7 heteroatoms. The Morgan fingerprint density at radius 3 is 2.58 bits per heavy atom. The molecule has 0 aromatic heterocycles. The normalized spacial score (nSPS) is 22.9. The molecule has 136 valence electrons. The van der Waals surface area contributed by atoms with E-state index in [0.29, 0.717) is 11.6 Å². The Balaban J connectivity index is 1.60. The zero-order chi connectivity index (χ0) is 18.3. The number of rotatable bonds is 4. The van der Waals surface area contributed by atoms with Gasteiger partial charge in [-0.15, -0.1) is 0 Å². The van der Waals surface area contributed by atoms with E-state index in [1.807, 2.05) is 17.2 Å². The van der Waals surface area contributed by atoms with Gasteiger partial charge in [0.25, 0.3) is 5.91 Å². The summed E-state index contributed by atoms with van der Waals surface area (Å²) in [5.41, 5.74) is 0.801. The van der Waals surface area contributed by atoms with E-state index in [1.165, 1.54) is 24.3 Å². The molecular weight excluding hydrogens is 343 g/mol. The van der Waals surface area contributed by atoms with Crippen LogP contribution in [0.3, 0.4) is 0 Å². The molecule has 0 spiro atoms. The highest BCUT2D eigenvalue weighted by Gasteiger charge is 2.45. The van der Waals surface area contributed by atoms with E-state index >= 15 is 0 Å². The number of nitrogens with one attached hydrogen (secondary N) is 2. The first-order chi connectivity index (χ1) is 12.4. The van der Waals surface area contributed by atoms with E-state index in [0.717, 1.165) is 12.8 Å². The van der Waals surface area contributed by atoms with Crippen LogP contribution in [0, 0.1) is 5.92 Å². The van der Waals surface area contributed by atoms with Crippen molar-refractivity contribution in [3.05, 3.63) is 71.7 Å². The van der Waals surface area contributed by atoms with E-state index < -0.39 is 18.1 Å². The number of amides is 1. The molecule has 2 aliphatic heterocycles. The summed E-state index contributed by atoms with van der Waals surface area (Å²) in [6.07, 6.45) is 4.65. The predicted octanol–water partition coefficient (Wildman–Crippen LogP) is 3.34. The van der Waals surface area contributed by atoms with Crippen LogP contribution < -0.4 is 10.6 Å². The van der Waals surface area contributed by atoms with Gasteiger partial charge in [-0.1, -0.05) is 36.4 Å². The first-order valence-corrected chi connectivity index (χ1v) is 8.51. The number of nitrogens with zero attached hydrogens (tertiary/aromatic N) is 1. The molecule has 1 fully saturated rings. The molecule has 2 unspecified atom stereocenters. The molecule has 0 bridgehead atoms. The maximum atomic E-state index is 13.5. The average molecular weight is 361 g/mol. The number of carbonyl (C=O) groups is 1. The molecule has 1 aromatic carbocycles. The van der Waals surface area contributed by atoms with Crippen molar-refractivity contribution in [3.63, 3.8) is 0 Å². The largest absolute Gasteiger partial charge is 0.412 e. The lowest BCUT2D eigenvalue weighted by atomic mass is 10.1. The lowest BCUT2D eigenvalue weighted by Gasteiger charge is -2.25. The monoisotopic (exact) mass is 361 g/mol. The molecule has 1 aromatic rings. The predicted molar refractivity (Wildman–Crippen MR) is 90.2 cm³/mol. The first-order valence-electron chi connectivity index (χ1n) is 8.51. The molecule has 4 rings (SSSR count). The molecule has 1 aliphatic carbocycles. The van der Waals surface area contributed by atoms with Gasteiger partial charge < -0.3 is 15.5 Å². The number of fused-ring (bicyclic) bond motifs is 1. The number of hydrogen-bond acceptors (Lipinski definition) is 3. The molecule has 2 N–H and O–H groups in total. The Kier molecular flexibility index (Phi) is 4.01. The number of alkyl halides is 3. The maximum Gasteiger partial charge on any atom is 0.412 e. The third-order valence-electron chi connectivity index (χ3n) is 4.77. The first kappa shape index (κ1) is 16.8. The minimum absolute atomic E-state index is 0.00614. The van der Waals surface area contributed by atoms with Gasteiger partial charge in [-0.25, -0.2) is 0 Å². The second kappa shape index (κ2) is 6.23. The fraction of sp³-hybridized carbons (Fsp3) is 0.316. The van der Waals surface area contributed by atoms with Crippen molar-refractivity contribution >= 4 is 5.91 Å². The van der Waals surface area contributed by atoms with E-state index in [9.17, 15) is 18.0 Å². The molecule has 0 saturated heterocycles. The van der Waals surface area contributed by atoms with Crippen molar-refractivity contribution in [1.82, 2.24) is 15.5 Å². The van der Waals surface area contributed by atoms with Crippen molar-refractivity contribution in [2.75, 3.05) is 0 Å². The summed E-state index contributed by atoms with van der Waals surface area (Å²) in [6, 6.07) is 5.36. The van der Waals surface area contributed by atoms with Crippen LogP contribution in [-0.4, -0.2) is 23.1 Å². The van der Waals surface area contributed by atoms with Crippen LogP contribution in [-0.2, 0) is 4.79 Å². The summed E-state index contributed by atoms with van der Waals surface area (Å²) >= 11 is 0. The molecule has 4 nitrogen and oxygen atoms in total. The van der Waals surface area contributed by atoms with E-state index in [-0.39, 0.29) is 17.4 Å². The quantitative estimate of drug-likeness (QED) is 0.865. The van der Waals surface area contributed by atoms with Gasteiger partial charge in [0.15, 0.2) is 6.04 Å². The average Bonchev–Trinajstić information content (AvgIpc) is 3.39. The second-order valence-corrected chi connectivity index (χ2v) is 6.65. The Labute approximate surface area is 149 Å². The highest BCUT2D eigenvalue weighted by atomic mass is 19.4. The molecule has 1 saturated carbocycles. The van der Waals surface area contributed by atoms with Crippen LogP contribution in [0.15, 0.2) is 66.2 Å². The van der Waals surface area contributed by atoms with Crippen molar-refractivity contribution in [2.45, 2.75) is 31.2 Å². The fourth-order valence-corrected chi connectivity index (χ4v) is 3.34. The summed E-state index contributed by atoms with van der Waals surface area (Å²) in [7, 11) is 0.